The van der Waals surface area contributed by atoms with Crippen molar-refractivity contribution >= 4 is 29.9 Å². The average Bonchev–Trinajstić information content (AvgIpc) is 2.52. The standard InChI is InChI=1S/C17H29N3O2.HI/c1-5-18-17(20-13-14(2)3)19-10-7-11-22-16-9-6-8-15(12-16)21-4;/h6,8-9,12,14H,5,7,10-11,13H2,1-4H3,(H2,18,19,20);1H. The van der Waals surface area contributed by atoms with Gasteiger partial charge in [-0.25, -0.2) is 0 Å². The molecule has 0 saturated carbocycles. The van der Waals surface area contributed by atoms with Crippen LogP contribution < -0.4 is 20.1 Å². The van der Waals surface area contributed by atoms with E-state index in [0.717, 1.165) is 43.5 Å². The Morgan fingerprint density at radius 1 is 1.22 bits per heavy atom. The van der Waals surface area contributed by atoms with E-state index in [2.05, 4.69) is 36.4 Å². The number of methoxy groups -OCH3 is 1. The molecule has 0 spiro atoms. The number of ether oxygens (including phenoxy) is 2. The van der Waals surface area contributed by atoms with Crippen molar-refractivity contribution in [2.75, 3.05) is 33.4 Å². The van der Waals surface area contributed by atoms with Crippen LogP contribution in [0.4, 0.5) is 0 Å². The molecule has 6 heteroatoms. The van der Waals surface area contributed by atoms with Gasteiger partial charge in [-0.05, 0) is 31.4 Å². The molecule has 1 rings (SSSR count). The van der Waals surface area contributed by atoms with Gasteiger partial charge in [-0.1, -0.05) is 19.9 Å². The summed E-state index contributed by atoms with van der Waals surface area (Å²) in [6.07, 6.45) is 0.906. The van der Waals surface area contributed by atoms with Crippen molar-refractivity contribution in [3.8, 4) is 11.5 Å². The van der Waals surface area contributed by atoms with Crippen LogP contribution in [0.3, 0.4) is 0 Å². The molecule has 0 amide bonds. The lowest BCUT2D eigenvalue weighted by Crippen LogP contribution is -2.38. The monoisotopic (exact) mass is 435 g/mol. The number of benzene rings is 1. The molecule has 2 N–H and O–H groups in total. The number of nitrogens with one attached hydrogen (secondary N) is 2. The van der Waals surface area contributed by atoms with Gasteiger partial charge in [0.25, 0.3) is 0 Å². The summed E-state index contributed by atoms with van der Waals surface area (Å²) in [6, 6.07) is 7.66. The molecule has 5 nitrogen and oxygen atoms in total. The number of hydrogen-bond acceptors (Lipinski definition) is 3. The predicted octanol–water partition coefficient (Wildman–Crippen LogP) is 3.29. The van der Waals surface area contributed by atoms with Gasteiger partial charge >= 0.3 is 0 Å². The normalized spacial score (nSPS) is 10.9. The van der Waals surface area contributed by atoms with E-state index in [9.17, 15) is 0 Å². The summed E-state index contributed by atoms with van der Waals surface area (Å²) >= 11 is 0. The Morgan fingerprint density at radius 2 is 1.96 bits per heavy atom. The van der Waals surface area contributed by atoms with Crippen LogP contribution in [0, 0.1) is 5.92 Å². The highest BCUT2D eigenvalue weighted by Crippen LogP contribution is 2.18. The van der Waals surface area contributed by atoms with E-state index in [1.165, 1.54) is 0 Å². The smallest absolute Gasteiger partial charge is 0.191 e. The highest BCUT2D eigenvalue weighted by Gasteiger charge is 1.99. The van der Waals surface area contributed by atoms with Crippen molar-refractivity contribution < 1.29 is 9.47 Å². The van der Waals surface area contributed by atoms with Crippen LogP contribution in [-0.4, -0.2) is 39.3 Å². The Hall–Kier alpha value is -1.18. The summed E-state index contributed by atoms with van der Waals surface area (Å²) in [5, 5.41) is 6.56. The van der Waals surface area contributed by atoms with Gasteiger partial charge in [0.1, 0.15) is 11.5 Å². The second kappa shape index (κ2) is 13.3. The van der Waals surface area contributed by atoms with Crippen LogP contribution in [0.2, 0.25) is 0 Å². The van der Waals surface area contributed by atoms with Crippen molar-refractivity contribution in [1.82, 2.24) is 10.6 Å². The molecule has 1 aromatic carbocycles. The second-order valence-corrected chi connectivity index (χ2v) is 5.42. The number of guanidine groups is 1. The molecule has 0 bridgehead atoms. The van der Waals surface area contributed by atoms with Crippen LogP contribution in [0.1, 0.15) is 27.2 Å². The first kappa shape index (κ1) is 21.8. The third kappa shape index (κ3) is 10.3. The van der Waals surface area contributed by atoms with Crippen molar-refractivity contribution in [2.45, 2.75) is 27.2 Å². The minimum atomic E-state index is 0. The van der Waals surface area contributed by atoms with Crippen molar-refractivity contribution in [3.63, 3.8) is 0 Å². The van der Waals surface area contributed by atoms with Gasteiger partial charge in [-0.2, -0.15) is 0 Å². The molecule has 132 valence electrons. The molecule has 0 aliphatic heterocycles. The van der Waals surface area contributed by atoms with Crippen LogP contribution in [0.5, 0.6) is 11.5 Å². The van der Waals surface area contributed by atoms with Crippen molar-refractivity contribution in [3.05, 3.63) is 24.3 Å². The van der Waals surface area contributed by atoms with Gasteiger partial charge < -0.3 is 20.1 Å². The topological polar surface area (TPSA) is 54.9 Å². The summed E-state index contributed by atoms with van der Waals surface area (Å²) in [4.78, 5) is 4.53. The molecule has 0 atom stereocenters. The molecule has 0 unspecified atom stereocenters. The Balaban J connectivity index is 0.00000484. The summed E-state index contributed by atoms with van der Waals surface area (Å²) in [5.74, 6) is 3.08. The van der Waals surface area contributed by atoms with E-state index in [1.807, 2.05) is 24.3 Å². The zero-order valence-corrected chi connectivity index (χ0v) is 16.9. The molecule has 0 aliphatic rings. The van der Waals surface area contributed by atoms with Crippen molar-refractivity contribution in [2.24, 2.45) is 10.9 Å². The molecular formula is C17H30IN3O2. The Bertz CT molecular complexity index is 453. The zero-order chi connectivity index (χ0) is 16.2. The van der Waals surface area contributed by atoms with Gasteiger partial charge in [0.2, 0.25) is 0 Å². The van der Waals surface area contributed by atoms with Crippen LogP contribution in [-0.2, 0) is 0 Å². The predicted molar refractivity (Wildman–Crippen MR) is 107 cm³/mol. The lowest BCUT2D eigenvalue weighted by molar-refractivity contribution is 0.308. The van der Waals surface area contributed by atoms with Gasteiger partial charge in [0.15, 0.2) is 5.96 Å². The second-order valence-electron chi connectivity index (χ2n) is 5.42. The number of rotatable bonds is 9. The maximum absolute atomic E-state index is 5.71. The molecule has 0 heterocycles. The van der Waals surface area contributed by atoms with E-state index in [-0.39, 0.29) is 24.0 Å². The highest BCUT2D eigenvalue weighted by molar-refractivity contribution is 14.0. The molecular weight excluding hydrogens is 405 g/mol. The molecule has 0 radical (unpaired) electrons. The van der Waals surface area contributed by atoms with E-state index < -0.39 is 0 Å². The van der Waals surface area contributed by atoms with Crippen molar-refractivity contribution in [1.29, 1.82) is 0 Å². The largest absolute Gasteiger partial charge is 0.497 e. The highest BCUT2D eigenvalue weighted by atomic mass is 127. The molecule has 0 aromatic heterocycles. The summed E-state index contributed by atoms with van der Waals surface area (Å²) in [6.45, 7) is 9.57. The van der Waals surface area contributed by atoms with E-state index in [1.54, 1.807) is 7.11 Å². The molecule has 0 fully saturated rings. The third-order valence-electron chi connectivity index (χ3n) is 2.88. The van der Waals surface area contributed by atoms with Gasteiger partial charge in [0.05, 0.1) is 13.7 Å². The SMILES string of the molecule is CCNC(=NCC(C)C)NCCCOc1cccc(OC)c1.I. The first-order valence-electron chi connectivity index (χ1n) is 7.94. The lowest BCUT2D eigenvalue weighted by atomic mass is 10.2. The minimum Gasteiger partial charge on any atom is -0.497 e. The number of aliphatic imine (C=N–C) groups is 1. The number of hydrogen-bond donors (Lipinski definition) is 2. The average molecular weight is 435 g/mol. The van der Waals surface area contributed by atoms with Crippen LogP contribution in [0.15, 0.2) is 29.3 Å². The molecule has 1 aromatic rings. The molecule has 23 heavy (non-hydrogen) atoms. The summed E-state index contributed by atoms with van der Waals surface area (Å²) < 4.78 is 10.9. The van der Waals surface area contributed by atoms with E-state index in [0.29, 0.717) is 12.5 Å². The maximum atomic E-state index is 5.71. The zero-order valence-electron chi connectivity index (χ0n) is 14.6. The lowest BCUT2D eigenvalue weighted by Gasteiger charge is -2.12. The number of halogens is 1. The first-order chi connectivity index (χ1) is 10.7. The Morgan fingerprint density at radius 3 is 2.61 bits per heavy atom. The summed E-state index contributed by atoms with van der Waals surface area (Å²) in [5.41, 5.74) is 0. The fraction of sp³-hybridized carbons (Fsp3) is 0.588. The van der Waals surface area contributed by atoms with E-state index >= 15 is 0 Å². The fourth-order valence-corrected chi connectivity index (χ4v) is 1.78. The Labute approximate surface area is 157 Å². The van der Waals surface area contributed by atoms with Gasteiger partial charge in [0, 0.05) is 25.7 Å². The molecule has 0 saturated heterocycles. The first-order valence-corrected chi connectivity index (χ1v) is 7.94. The number of nitrogens with zero attached hydrogens (tertiary/aromatic N) is 1. The third-order valence-corrected chi connectivity index (χ3v) is 2.88. The maximum Gasteiger partial charge on any atom is 0.191 e. The van der Waals surface area contributed by atoms with E-state index in [4.69, 9.17) is 9.47 Å². The van der Waals surface area contributed by atoms with Gasteiger partial charge in [-0.15, -0.1) is 24.0 Å². The van der Waals surface area contributed by atoms with Crippen LogP contribution in [0.25, 0.3) is 0 Å². The molecule has 0 aliphatic carbocycles. The quantitative estimate of drug-likeness (QED) is 0.271. The fourth-order valence-electron chi connectivity index (χ4n) is 1.78. The summed E-state index contributed by atoms with van der Waals surface area (Å²) in [7, 11) is 1.65. The minimum absolute atomic E-state index is 0. The van der Waals surface area contributed by atoms with Crippen LogP contribution >= 0.6 is 24.0 Å². The van der Waals surface area contributed by atoms with Gasteiger partial charge in [-0.3, -0.25) is 4.99 Å². The Kier molecular flexibility index (Phi) is 12.6.